The van der Waals surface area contributed by atoms with Gasteiger partial charge in [0, 0.05) is 30.2 Å². The van der Waals surface area contributed by atoms with Gasteiger partial charge in [0.05, 0.1) is 6.61 Å². The zero-order chi connectivity index (χ0) is 26.7. The first-order valence-electron chi connectivity index (χ1n) is 13.3. The quantitative estimate of drug-likeness (QED) is 0.111. The number of carbonyl (C=O) groups excluding carboxylic acids is 2. The Bertz CT molecular complexity index is 984. The minimum absolute atomic E-state index is 0.0508. The van der Waals surface area contributed by atoms with Crippen molar-refractivity contribution < 1.29 is 29.4 Å². The summed E-state index contributed by atoms with van der Waals surface area (Å²) in [5.74, 6) is 0.0489. The fourth-order valence-corrected chi connectivity index (χ4v) is 6.12. The molecule has 8 heteroatoms. The second kappa shape index (κ2) is 11.2. The molecule has 3 atom stereocenters. The lowest BCUT2D eigenvalue weighted by atomic mass is 9.44. The molecule has 0 amide bonds. The summed E-state index contributed by atoms with van der Waals surface area (Å²) in [6.45, 7) is 10.4. The molecule has 3 fully saturated rings. The number of esters is 1. The van der Waals surface area contributed by atoms with Gasteiger partial charge < -0.3 is 14.7 Å². The number of phenols is 1. The number of ketones is 1. The van der Waals surface area contributed by atoms with Gasteiger partial charge in [0.25, 0.3) is 5.09 Å². The molecule has 3 saturated carbocycles. The number of rotatable bonds is 13. The highest BCUT2D eigenvalue weighted by molar-refractivity contribution is 5.86. The molecule has 36 heavy (non-hydrogen) atoms. The van der Waals surface area contributed by atoms with Gasteiger partial charge >= 0.3 is 5.97 Å². The highest BCUT2D eigenvalue weighted by atomic mass is 16.9. The van der Waals surface area contributed by atoms with Crippen LogP contribution in [0.15, 0.2) is 12.1 Å². The van der Waals surface area contributed by atoms with E-state index in [4.69, 9.17) is 4.74 Å². The number of ether oxygens (including phenoxy) is 1. The monoisotopic (exact) mass is 503 g/mol. The van der Waals surface area contributed by atoms with Gasteiger partial charge in [-0.05, 0) is 53.7 Å². The van der Waals surface area contributed by atoms with Crippen LogP contribution in [0.25, 0.3) is 0 Å². The number of hydrogen-bond acceptors (Lipinski definition) is 7. The Morgan fingerprint density at radius 2 is 1.94 bits per heavy atom. The lowest BCUT2D eigenvalue weighted by Crippen LogP contribution is -2.56. The van der Waals surface area contributed by atoms with E-state index in [1.165, 1.54) is 6.42 Å². The molecule has 200 valence electrons. The molecule has 0 unspecified atom stereocenters. The maximum atomic E-state index is 12.8. The van der Waals surface area contributed by atoms with Gasteiger partial charge in [-0.25, -0.2) is 0 Å². The van der Waals surface area contributed by atoms with Crippen molar-refractivity contribution in [2.45, 2.75) is 104 Å². The van der Waals surface area contributed by atoms with Gasteiger partial charge in [-0.2, -0.15) is 0 Å². The standard InChI is InChI=1S/C28H41NO7/c1-6-7-8-9-12-27(2,3)18-14-23(31)26(19-16-22(30)21-17-20(19)28(21,4)5)24(15-18)36-25(32)11-10-13-35-29(33)34/h14-15,19-21,31H,6-13,16-17H2,1-5H3/t19-,20+,21-/m0/s1. The average Bonchev–Trinajstić information content (AvgIpc) is 2.78. The van der Waals surface area contributed by atoms with Crippen LogP contribution in [0.3, 0.4) is 0 Å². The van der Waals surface area contributed by atoms with Crippen LogP contribution < -0.4 is 4.74 Å². The third-order valence-electron chi connectivity index (χ3n) is 8.51. The average molecular weight is 504 g/mol. The van der Waals surface area contributed by atoms with Crippen molar-refractivity contribution in [2.75, 3.05) is 6.61 Å². The molecule has 4 rings (SSSR count). The molecule has 0 aromatic heterocycles. The first-order chi connectivity index (χ1) is 16.9. The Labute approximate surface area is 213 Å². The number of fused-ring (bicyclic) bond motifs is 2. The minimum Gasteiger partial charge on any atom is -0.508 e. The number of hydrogen-bond donors (Lipinski definition) is 1. The smallest absolute Gasteiger partial charge is 0.311 e. The lowest BCUT2D eigenvalue weighted by molar-refractivity contribution is -0.757. The van der Waals surface area contributed by atoms with Gasteiger partial charge in [0.1, 0.15) is 17.3 Å². The van der Waals surface area contributed by atoms with E-state index in [2.05, 4.69) is 39.5 Å². The summed E-state index contributed by atoms with van der Waals surface area (Å²) in [5.41, 5.74) is 1.01. The van der Waals surface area contributed by atoms with Crippen LogP contribution in [-0.2, 0) is 19.8 Å². The van der Waals surface area contributed by atoms with Gasteiger partial charge in [0.15, 0.2) is 0 Å². The molecular weight excluding hydrogens is 462 g/mol. The molecule has 1 N–H and O–H groups in total. The molecular formula is C28H41NO7. The maximum Gasteiger partial charge on any atom is 0.311 e. The topological polar surface area (TPSA) is 116 Å². The van der Waals surface area contributed by atoms with Crippen LogP contribution in [0.2, 0.25) is 0 Å². The van der Waals surface area contributed by atoms with Crippen molar-refractivity contribution in [2.24, 2.45) is 17.3 Å². The SMILES string of the molecule is CCCCCCC(C)(C)c1cc(O)c([C@H]2CC(=O)[C@@H]3C[C@H]2C3(C)C)c(OC(=O)CCCO[N+](=O)[O-])c1. The Morgan fingerprint density at radius 3 is 2.56 bits per heavy atom. The van der Waals surface area contributed by atoms with Crippen LogP contribution in [0, 0.1) is 27.4 Å². The van der Waals surface area contributed by atoms with Crippen molar-refractivity contribution in [3.8, 4) is 11.5 Å². The zero-order valence-electron chi connectivity index (χ0n) is 22.3. The Morgan fingerprint density at radius 1 is 1.22 bits per heavy atom. The first kappa shape index (κ1) is 27.9. The summed E-state index contributed by atoms with van der Waals surface area (Å²) < 4.78 is 5.80. The van der Waals surface area contributed by atoms with Crippen molar-refractivity contribution in [3.63, 3.8) is 0 Å². The lowest BCUT2D eigenvalue weighted by Gasteiger charge is -2.59. The Hall–Kier alpha value is -2.64. The summed E-state index contributed by atoms with van der Waals surface area (Å²) in [5, 5.41) is 20.8. The molecule has 1 aromatic carbocycles. The van der Waals surface area contributed by atoms with Crippen LogP contribution in [0.4, 0.5) is 0 Å². The molecule has 2 bridgehead atoms. The number of phenolic OH excluding ortho intramolecular Hbond substituents is 1. The van der Waals surface area contributed by atoms with E-state index < -0.39 is 11.1 Å². The van der Waals surface area contributed by atoms with Gasteiger partial charge in [-0.3, -0.25) is 9.59 Å². The van der Waals surface area contributed by atoms with Crippen molar-refractivity contribution in [1.82, 2.24) is 0 Å². The van der Waals surface area contributed by atoms with E-state index in [0.29, 0.717) is 17.7 Å². The van der Waals surface area contributed by atoms with Crippen LogP contribution in [0.1, 0.15) is 109 Å². The first-order valence-corrected chi connectivity index (χ1v) is 13.3. The normalized spacial score (nSPS) is 22.6. The highest BCUT2D eigenvalue weighted by Gasteiger charge is 2.59. The van der Waals surface area contributed by atoms with Crippen molar-refractivity contribution in [1.29, 1.82) is 0 Å². The summed E-state index contributed by atoms with van der Waals surface area (Å²) >= 11 is 0. The van der Waals surface area contributed by atoms with E-state index in [9.17, 15) is 24.8 Å². The summed E-state index contributed by atoms with van der Waals surface area (Å²) in [6, 6.07) is 3.63. The second-order valence-corrected chi connectivity index (χ2v) is 11.7. The molecule has 0 radical (unpaired) electrons. The maximum absolute atomic E-state index is 12.8. The number of Topliss-reactive ketones (excluding diaryl/α,β-unsaturated/α-hetero) is 1. The van der Waals surface area contributed by atoms with Crippen LogP contribution in [0.5, 0.6) is 11.5 Å². The second-order valence-electron chi connectivity index (χ2n) is 11.7. The van der Waals surface area contributed by atoms with Gasteiger partial charge in [-0.15, -0.1) is 10.1 Å². The molecule has 3 aliphatic carbocycles. The van der Waals surface area contributed by atoms with E-state index >= 15 is 0 Å². The molecule has 1 aromatic rings. The third kappa shape index (κ3) is 6.01. The fraction of sp³-hybridized carbons (Fsp3) is 0.714. The summed E-state index contributed by atoms with van der Waals surface area (Å²) in [4.78, 5) is 40.2. The molecule has 0 spiro atoms. The number of carbonyl (C=O) groups is 2. The third-order valence-corrected chi connectivity index (χ3v) is 8.51. The van der Waals surface area contributed by atoms with Crippen LogP contribution in [-0.4, -0.2) is 28.6 Å². The predicted octanol–water partition coefficient (Wildman–Crippen LogP) is 6.25. The molecule has 0 aliphatic heterocycles. The molecule has 8 nitrogen and oxygen atoms in total. The Balaban J connectivity index is 1.90. The Kier molecular flexibility index (Phi) is 8.67. The van der Waals surface area contributed by atoms with Crippen molar-refractivity contribution >= 4 is 11.8 Å². The summed E-state index contributed by atoms with van der Waals surface area (Å²) in [7, 11) is 0. The van der Waals surface area contributed by atoms with Crippen molar-refractivity contribution in [3.05, 3.63) is 33.4 Å². The fourth-order valence-electron chi connectivity index (χ4n) is 6.12. The highest BCUT2D eigenvalue weighted by Crippen LogP contribution is 2.64. The van der Waals surface area contributed by atoms with E-state index in [-0.39, 0.29) is 59.6 Å². The molecule has 3 aliphatic rings. The van der Waals surface area contributed by atoms with Gasteiger partial charge in [0.2, 0.25) is 0 Å². The van der Waals surface area contributed by atoms with Gasteiger partial charge in [-0.1, -0.05) is 60.3 Å². The largest absolute Gasteiger partial charge is 0.508 e. The predicted molar refractivity (Wildman–Crippen MR) is 135 cm³/mol. The number of benzene rings is 1. The van der Waals surface area contributed by atoms with E-state index in [1.807, 2.05) is 6.07 Å². The van der Waals surface area contributed by atoms with E-state index in [1.54, 1.807) is 6.07 Å². The summed E-state index contributed by atoms with van der Waals surface area (Å²) in [6.07, 6.45) is 6.65. The number of unbranched alkanes of at least 4 members (excludes halogenated alkanes) is 3. The van der Waals surface area contributed by atoms with E-state index in [0.717, 1.165) is 37.7 Å². The minimum atomic E-state index is -0.888. The number of nitrogens with zero attached hydrogens (tertiary/aromatic N) is 1. The molecule has 0 heterocycles. The zero-order valence-corrected chi connectivity index (χ0v) is 22.3. The van der Waals surface area contributed by atoms with Crippen LogP contribution >= 0.6 is 0 Å². The number of aromatic hydroxyl groups is 1. The molecule has 0 saturated heterocycles.